The van der Waals surface area contributed by atoms with Crippen LogP contribution in [0.4, 0.5) is 5.13 Å². The number of nitrogens with two attached hydrogens (primary N) is 1. The highest BCUT2D eigenvalue weighted by Gasteiger charge is 2.54. The molecule has 0 bridgehead atoms. The lowest BCUT2D eigenvalue weighted by Crippen LogP contribution is -2.71. The smallest absolute Gasteiger partial charge is 0.353 e. The molecular formula is C18H18N8O5S4. The van der Waals surface area contributed by atoms with Crippen LogP contribution in [-0.4, -0.2) is 82.8 Å². The number of nitrogen functional groups attached to an aromatic ring is 1. The summed E-state index contributed by atoms with van der Waals surface area (Å²) in [7, 11) is 0. The molecule has 2 aromatic heterocycles. The van der Waals surface area contributed by atoms with E-state index in [1.54, 1.807) is 11.6 Å². The fourth-order valence-electron chi connectivity index (χ4n) is 3.09. The number of thioether (sulfide) groups is 3. The van der Waals surface area contributed by atoms with Crippen molar-refractivity contribution in [3.63, 3.8) is 0 Å². The summed E-state index contributed by atoms with van der Waals surface area (Å²) >= 11 is 5.20. The van der Waals surface area contributed by atoms with Crippen LogP contribution in [0.25, 0.3) is 0 Å². The van der Waals surface area contributed by atoms with E-state index >= 15 is 0 Å². The number of aromatic nitrogens is 4. The molecule has 17 heteroatoms. The van der Waals surface area contributed by atoms with Gasteiger partial charge in [-0.15, -0.1) is 40.0 Å². The first kappa shape index (κ1) is 25.1. The molecule has 184 valence electrons. The molecule has 5 N–H and O–H groups in total. The van der Waals surface area contributed by atoms with Crippen LogP contribution in [0, 0.1) is 0 Å². The Bertz CT molecular complexity index is 1200. The Morgan fingerprint density at radius 1 is 1.49 bits per heavy atom. The number of hydrogen-bond donors (Lipinski definition) is 4. The summed E-state index contributed by atoms with van der Waals surface area (Å²) in [5.74, 6) is -2.05. The minimum Gasteiger partial charge on any atom is -0.477 e. The summed E-state index contributed by atoms with van der Waals surface area (Å²) in [5.41, 5.74) is 5.63. The SMILES string of the molecule is C=CCO/N=C(\C(=O)N[C@@H]1C(=O)N2C(C(=O)O)=C(SCSc3c[nH]nn3)CS[C@H]12)c1csc(N)n1. The highest BCUT2D eigenvalue weighted by Crippen LogP contribution is 2.44. The summed E-state index contributed by atoms with van der Waals surface area (Å²) in [6, 6.07) is -0.932. The Morgan fingerprint density at radius 3 is 2.97 bits per heavy atom. The molecule has 2 amide bonds. The summed E-state index contributed by atoms with van der Waals surface area (Å²) in [6.45, 7) is 3.58. The van der Waals surface area contributed by atoms with E-state index in [2.05, 4.69) is 37.4 Å². The second-order valence-electron chi connectivity index (χ2n) is 6.75. The number of anilines is 1. The molecule has 0 aliphatic carbocycles. The number of nitrogens with one attached hydrogen (secondary N) is 2. The third-order valence-electron chi connectivity index (χ3n) is 4.58. The number of aromatic amines is 1. The standard InChI is InChI=1S/C18H18N8O5S4/c1-2-3-31-24-11(8-5-33-18(19)21-8)14(27)22-12-15(28)26-13(17(29)30)9(6-32-16(12)26)34-7-35-10-4-20-25-23-10/h2,4-5,12,16H,1,3,6-7H2,(H2,19,21)(H,22,27)(H,29,30)(H,20,23,25)/b24-11-/t12-,16-/m1/s1. The highest BCUT2D eigenvalue weighted by molar-refractivity contribution is 8.18. The number of carbonyl (C=O) groups excluding carboxylic acids is 2. The highest BCUT2D eigenvalue weighted by atomic mass is 32.2. The van der Waals surface area contributed by atoms with Gasteiger partial charge >= 0.3 is 5.97 Å². The van der Waals surface area contributed by atoms with Crippen molar-refractivity contribution in [2.45, 2.75) is 16.4 Å². The van der Waals surface area contributed by atoms with Crippen LogP contribution in [-0.2, 0) is 19.2 Å². The Kier molecular flexibility index (Phi) is 7.99. The van der Waals surface area contributed by atoms with Crippen molar-refractivity contribution in [2.24, 2.45) is 5.16 Å². The van der Waals surface area contributed by atoms with Gasteiger partial charge in [-0.1, -0.05) is 34.8 Å². The van der Waals surface area contributed by atoms with Crippen molar-refractivity contribution in [1.82, 2.24) is 30.6 Å². The number of carboxylic acid groups (broad SMARTS) is 1. The number of thiazole rings is 1. The maximum absolute atomic E-state index is 13.0. The van der Waals surface area contributed by atoms with E-state index in [0.717, 1.165) is 11.3 Å². The molecule has 0 radical (unpaired) electrons. The van der Waals surface area contributed by atoms with Gasteiger partial charge in [-0.25, -0.2) is 9.78 Å². The molecule has 0 unspecified atom stereocenters. The average Bonchev–Trinajstić information content (AvgIpc) is 3.51. The molecule has 2 aliphatic rings. The van der Waals surface area contributed by atoms with E-state index in [9.17, 15) is 19.5 Å². The van der Waals surface area contributed by atoms with Gasteiger partial charge in [0.2, 0.25) is 0 Å². The minimum atomic E-state index is -1.21. The summed E-state index contributed by atoms with van der Waals surface area (Å²) in [6.07, 6.45) is 3.09. The fourth-order valence-corrected chi connectivity index (χ4v) is 7.21. The molecule has 1 saturated heterocycles. The van der Waals surface area contributed by atoms with E-state index in [1.165, 1.54) is 46.3 Å². The van der Waals surface area contributed by atoms with E-state index in [4.69, 9.17) is 10.6 Å². The number of β-lactam (4-membered cyclic amide) rings is 1. The first-order chi connectivity index (χ1) is 16.9. The van der Waals surface area contributed by atoms with Gasteiger partial charge < -0.3 is 21.0 Å². The van der Waals surface area contributed by atoms with Gasteiger partial charge in [0.05, 0.1) is 11.3 Å². The van der Waals surface area contributed by atoms with Crippen LogP contribution in [0.5, 0.6) is 0 Å². The zero-order valence-electron chi connectivity index (χ0n) is 17.7. The second kappa shape index (κ2) is 11.1. The average molecular weight is 555 g/mol. The van der Waals surface area contributed by atoms with Crippen LogP contribution in [0.15, 0.2) is 45.0 Å². The van der Waals surface area contributed by atoms with Gasteiger partial charge in [-0.3, -0.25) is 19.6 Å². The van der Waals surface area contributed by atoms with Crippen LogP contribution < -0.4 is 11.1 Å². The molecule has 2 aromatic rings. The van der Waals surface area contributed by atoms with Gasteiger partial charge in [0.1, 0.15) is 34.4 Å². The predicted octanol–water partition coefficient (Wildman–Crippen LogP) is 0.929. The van der Waals surface area contributed by atoms with Gasteiger partial charge in [-0.05, 0) is 0 Å². The molecule has 0 saturated carbocycles. The van der Waals surface area contributed by atoms with Crippen LogP contribution in [0.2, 0.25) is 0 Å². The van der Waals surface area contributed by atoms with Crippen molar-refractivity contribution < 1.29 is 24.3 Å². The minimum absolute atomic E-state index is 0.0627. The van der Waals surface area contributed by atoms with Gasteiger partial charge in [0.15, 0.2) is 10.8 Å². The topological polar surface area (TPSA) is 189 Å². The number of hydrogen-bond acceptors (Lipinski definition) is 13. The number of H-pyrrole nitrogens is 1. The lowest BCUT2D eigenvalue weighted by molar-refractivity contribution is -0.150. The molecule has 1 fully saturated rings. The van der Waals surface area contributed by atoms with E-state index < -0.39 is 29.2 Å². The van der Waals surface area contributed by atoms with Gasteiger partial charge in [0, 0.05) is 16.0 Å². The van der Waals surface area contributed by atoms with Crippen LogP contribution in [0.3, 0.4) is 0 Å². The van der Waals surface area contributed by atoms with Crippen molar-refractivity contribution in [3.8, 4) is 0 Å². The zero-order chi connectivity index (χ0) is 24.9. The maximum Gasteiger partial charge on any atom is 0.353 e. The first-order valence-corrected chi connectivity index (χ1v) is 13.7. The van der Waals surface area contributed by atoms with Crippen molar-refractivity contribution in [1.29, 1.82) is 0 Å². The van der Waals surface area contributed by atoms with E-state index in [1.807, 2.05) is 0 Å². The van der Waals surface area contributed by atoms with Gasteiger partial charge in [-0.2, -0.15) is 0 Å². The fraction of sp³-hybridized carbons (Fsp3) is 0.278. The van der Waals surface area contributed by atoms with Gasteiger partial charge in [0.25, 0.3) is 11.8 Å². The quantitative estimate of drug-likeness (QED) is 0.0586. The number of amides is 2. The lowest BCUT2D eigenvalue weighted by Gasteiger charge is -2.49. The number of oxime groups is 1. The number of fused-ring (bicyclic) bond motifs is 1. The van der Waals surface area contributed by atoms with Crippen molar-refractivity contribution in [2.75, 3.05) is 23.2 Å². The molecule has 0 spiro atoms. The van der Waals surface area contributed by atoms with Crippen molar-refractivity contribution in [3.05, 3.63) is 40.5 Å². The largest absolute Gasteiger partial charge is 0.477 e. The summed E-state index contributed by atoms with van der Waals surface area (Å²) < 4.78 is 0. The third-order valence-corrected chi connectivity index (χ3v) is 8.85. The van der Waals surface area contributed by atoms with E-state index in [0.29, 0.717) is 20.8 Å². The number of rotatable bonds is 11. The normalized spacial score (nSPS) is 19.7. The maximum atomic E-state index is 13.0. The number of carboxylic acids is 1. The molecule has 4 rings (SSSR count). The number of nitrogens with zero attached hydrogens (tertiary/aromatic N) is 5. The number of aliphatic carboxylic acids is 1. The zero-order valence-corrected chi connectivity index (χ0v) is 21.0. The Balaban J connectivity index is 1.46. The van der Waals surface area contributed by atoms with Crippen LogP contribution in [0.1, 0.15) is 5.69 Å². The summed E-state index contributed by atoms with van der Waals surface area (Å²) in [4.78, 5) is 48.8. The molecular weight excluding hydrogens is 537 g/mol. The Hall–Kier alpha value is -3.02. The monoisotopic (exact) mass is 554 g/mol. The molecule has 35 heavy (non-hydrogen) atoms. The molecule has 2 aliphatic heterocycles. The third kappa shape index (κ3) is 5.47. The second-order valence-corrected chi connectivity index (χ2v) is 11.2. The molecule has 2 atom stereocenters. The predicted molar refractivity (Wildman–Crippen MR) is 134 cm³/mol. The van der Waals surface area contributed by atoms with Crippen LogP contribution >= 0.6 is 46.6 Å². The molecule has 13 nitrogen and oxygen atoms in total. The Morgan fingerprint density at radius 2 is 2.31 bits per heavy atom. The summed E-state index contributed by atoms with van der Waals surface area (Å²) in [5, 5.41) is 28.7. The Labute approximate surface area is 215 Å². The molecule has 0 aromatic carbocycles. The van der Waals surface area contributed by atoms with E-state index in [-0.39, 0.29) is 28.8 Å². The first-order valence-electron chi connectivity index (χ1n) is 9.77. The van der Waals surface area contributed by atoms with Crippen molar-refractivity contribution >= 4 is 75.2 Å². The lowest BCUT2D eigenvalue weighted by atomic mass is 10.0. The molecule has 4 heterocycles. The number of carbonyl (C=O) groups is 3.